The van der Waals surface area contributed by atoms with Crippen molar-refractivity contribution in [2.24, 2.45) is 5.73 Å². The molecule has 0 spiro atoms. The molecule has 0 bridgehead atoms. The SMILES string of the molecule is CCCOC1CCCN(c2cc(C)c(F)cc2[C@H](C)N)C1. The van der Waals surface area contributed by atoms with Crippen molar-refractivity contribution >= 4 is 5.69 Å². The number of rotatable bonds is 5. The lowest BCUT2D eigenvalue weighted by molar-refractivity contribution is 0.0440. The summed E-state index contributed by atoms with van der Waals surface area (Å²) >= 11 is 0. The first-order chi connectivity index (χ1) is 10.0. The molecule has 1 aromatic rings. The van der Waals surface area contributed by atoms with Crippen LogP contribution in [0, 0.1) is 12.7 Å². The van der Waals surface area contributed by atoms with Gasteiger partial charge in [0.05, 0.1) is 6.10 Å². The highest BCUT2D eigenvalue weighted by molar-refractivity contribution is 5.57. The molecule has 21 heavy (non-hydrogen) atoms. The van der Waals surface area contributed by atoms with Crippen molar-refractivity contribution in [3.8, 4) is 0 Å². The van der Waals surface area contributed by atoms with Crippen LogP contribution in [0.25, 0.3) is 0 Å². The fourth-order valence-corrected chi connectivity index (χ4v) is 2.90. The van der Waals surface area contributed by atoms with Crippen molar-refractivity contribution in [1.29, 1.82) is 0 Å². The Morgan fingerprint density at radius 2 is 2.24 bits per heavy atom. The first kappa shape index (κ1) is 16.2. The van der Waals surface area contributed by atoms with Crippen LogP contribution < -0.4 is 10.6 Å². The standard InChI is InChI=1S/C17H27FN2O/c1-4-8-21-14-6-5-7-20(11-14)17-9-12(2)16(18)10-15(17)13(3)19/h9-10,13-14H,4-8,11,19H2,1-3H3/t13-,14?/m0/s1. The molecule has 2 atom stereocenters. The van der Waals surface area contributed by atoms with Crippen molar-refractivity contribution in [2.45, 2.75) is 52.2 Å². The smallest absolute Gasteiger partial charge is 0.126 e. The lowest BCUT2D eigenvalue weighted by Crippen LogP contribution is -2.40. The van der Waals surface area contributed by atoms with E-state index < -0.39 is 0 Å². The summed E-state index contributed by atoms with van der Waals surface area (Å²) in [5, 5.41) is 0. The topological polar surface area (TPSA) is 38.5 Å². The molecule has 118 valence electrons. The summed E-state index contributed by atoms with van der Waals surface area (Å²) in [5.41, 5.74) is 8.65. The van der Waals surface area contributed by atoms with Gasteiger partial charge in [-0.05, 0) is 56.4 Å². The summed E-state index contributed by atoms with van der Waals surface area (Å²) in [6.45, 7) is 8.49. The molecular weight excluding hydrogens is 267 g/mol. The molecule has 0 aromatic heterocycles. The van der Waals surface area contributed by atoms with Gasteiger partial charge in [-0.15, -0.1) is 0 Å². The Bertz CT molecular complexity index is 476. The number of halogens is 1. The fourth-order valence-electron chi connectivity index (χ4n) is 2.90. The molecule has 2 rings (SSSR count). The van der Waals surface area contributed by atoms with E-state index in [-0.39, 0.29) is 18.0 Å². The summed E-state index contributed by atoms with van der Waals surface area (Å²) in [6, 6.07) is 3.34. The van der Waals surface area contributed by atoms with Crippen LogP contribution in [0.1, 0.15) is 50.3 Å². The Balaban J connectivity index is 2.21. The van der Waals surface area contributed by atoms with Crippen LogP contribution in [0.4, 0.5) is 10.1 Å². The lowest BCUT2D eigenvalue weighted by atomic mass is 10.00. The second kappa shape index (κ2) is 7.23. The van der Waals surface area contributed by atoms with Gasteiger partial charge < -0.3 is 15.4 Å². The number of piperidine rings is 1. The third-order valence-corrected chi connectivity index (χ3v) is 4.08. The minimum absolute atomic E-state index is 0.174. The zero-order valence-corrected chi connectivity index (χ0v) is 13.4. The molecule has 1 fully saturated rings. The zero-order chi connectivity index (χ0) is 15.4. The van der Waals surface area contributed by atoms with E-state index in [2.05, 4.69) is 11.8 Å². The number of hydrogen-bond donors (Lipinski definition) is 1. The molecule has 1 heterocycles. The monoisotopic (exact) mass is 294 g/mol. The quantitative estimate of drug-likeness (QED) is 0.902. The molecule has 0 aliphatic carbocycles. The Morgan fingerprint density at radius 1 is 1.48 bits per heavy atom. The highest BCUT2D eigenvalue weighted by atomic mass is 19.1. The molecule has 1 unspecified atom stereocenters. The van der Waals surface area contributed by atoms with Crippen LogP contribution in [-0.4, -0.2) is 25.8 Å². The normalized spacial score (nSPS) is 20.6. The Morgan fingerprint density at radius 3 is 2.90 bits per heavy atom. The molecule has 0 radical (unpaired) electrons. The summed E-state index contributed by atoms with van der Waals surface area (Å²) in [5.74, 6) is -0.179. The maximum absolute atomic E-state index is 13.8. The fraction of sp³-hybridized carbons (Fsp3) is 0.647. The minimum Gasteiger partial charge on any atom is -0.376 e. The summed E-state index contributed by atoms with van der Waals surface area (Å²) in [6.07, 6.45) is 3.51. The molecule has 1 aliphatic heterocycles. The molecule has 1 aliphatic rings. The van der Waals surface area contributed by atoms with E-state index in [1.165, 1.54) is 0 Å². The minimum atomic E-state index is -0.179. The van der Waals surface area contributed by atoms with E-state index in [9.17, 15) is 4.39 Å². The van der Waals surface area contributed by atoms with Crippen LogP contribution in [0.15, 0.2) is 12.1 Å². The Kier molecular flexibility index (Phi) is 5.59. The third-order valence-electron chi connectivity index (χ3n) is 4.08. The zero-order valence-electron chi connectivity index (χ0n) is 13.4. The number of benzene rings is 1. The van der Waals surface area contributed by atoms with Crippen LogP contribution in [0.3, 0.4) is 0 Å². The van der Waals surface area contributed by atoms with Gasteiger partial charge in [-0.2, -0.15) is 0 Å². The molecule has 0 saturated carbocycles. The van der Waals surface area contributed by atoms with E-state index in [0.29, 0.717) is 5.56 Å². The van der Waals surface area contributed by atoms with Crippen molar-refractivity contribution in [3.63, 3.8) is 0 Å². The van der Waals surface area contributed by atoms with Crippen LogP contribution in [0.2, 0.25) is 0 Å². The summed E-state index contributed by atoms with van der Waals surface area (Å²) in [7, 11) is 0. The van der Waals surface area contributed by atoms with Gasteiger partial charge in [0, 0.05) is 31.4 Å². The van der Waals surface area contributed by atoms with Gasteiger partial charge in [-0.1, -0.05) is 6.92 Å². The molecule has 1 aromatic carbocycles. The summed E-state index contributed by atoms with van der Waals surface area (Å²) in [4.78, 5) is 2.30. The molecular formula is C17H27FN2O. The van der Waals surface area contributed by atoms with E-state index in [0.717, 1.165) is 50.2 Å². The maximum atomic E-state index is 13.8. The number of nitrogens with two attached hydrogens (primary N) is 1. The van der Waals surface area contributed by atoms with Gasteiger partial charge in [0.25, 0.3) is 0 Å². The molecule has 2 N–H and O–H groups in total. The number of anilines is 1. The number of ether oxygens (including phenoxy) is 1. The van der Waals surface area contributed by atoms with Gasteiger partial charge in [0.2, 0.25) is 0 Å². The van der Waals surface area contributed by atoms with Gasteiger partial charge in [-0.3, -0.25) is 0 Å². The molecule has 4 heteroatoms. The number of hydrogen-bond acceptors (Lipinski definition) is 3. The predicted molar refractivity (Wildman–Crippen MR) is 85.2 cm³/mol. The Labute approximate surface area is 127 Å². The third kappa shape index (κ3) is 3.95. The second-order valence-corrected chi connectivity index (χ2v) is 6.03. The molecule has 1 saturated heterocycles. The van der Waals surface area contributed by atoms with Gasteiger partial charge >= 0.3 is 0 Å². The Hall–Kier alpha value is -1.13. The van der Waals surface area contributed by atoms with Gasteiger partial charge in [-0.25, -0.2) is 4.39 Å². The van der Waals surface area contributed by atoms with E-state index in [1.54, 1.807) is 13.0 Å². The number of aryl methyl sites for hydroxylation is 1. The average Bonchev–Trinajstić information content (AvgIpc) is 2.47. The van der Waals surface area contributed by atoms with E-state index >= 15 is 0 Å². The first-order valence-corrected chi connectivity index (χ1v) is 7.95. The van der Waals surface area contributed by atoms with E-state index in [4.69, 9.17) is 10.5 Å². The van der Waals surface area contributed by atoms with Crippen LogP contribution >= 0.6 is 0 Å². The van der Waals surface area contributed by atoms with E-state index in [1.807, 2.05) is 13.0 Å². The largest absolute Gasteiger partial charge is 0.376 e. The average molecular weight is 294 g/mol. The van der Waals surface area contributed by atoms with Crippen molar-refractivity contribution in [2.75, 3.05) is 24.6 Å². The van der Waals surface area contributed by atoms with Crippen LogP contribution in [-0.2, 0) is 4.74 Å². The predicted octanol–water partition coefficient (Wildman–Crippen LogP) is 3.55. The number of nitrogens with zero attached hydrogens (tertiary/aromatic N) is 1. The van der Waals surface area contributed by atoms with Crippen LogP contribution in [0.5, 0.6) is 0 Å². The van der Waals surface area contributed by atoms with Crippen molar-refractivity contribution < 1.29 is 9.13 Å². The van der Waals surface area contributed by atoms with Crippen molar-refractivity contribution in [1.82, 2.24) is 0 Å². The first-order valence-electron chi connectivity index (χ1n) is 7.95. The highest BCUT2D eigenvalue weighted by Gasteiger charge is 2.23. The molecule has 0 amide bonds. The highest BCUT2D eigenvalue weighted by Crippen LogP contribution is 2.31. The van der Waals surface area contributed by atoms with Gasteiger partial charge in [0.1, 0.15) is 5.82 Å². The van der Waals surface area contributed by atoms with Gasteiger partial charge in [0.15, 0.2) is 0 Å². The maximum Gasteiger partial charge on any atom is 0.126 e. The summed E-state index contributed by atoms with van der Waals surface area (Å²) < 4.78 is 19.7. The van der Waals surface area contributed by atoms with Crippen molar-refractivity contribution in [3.05, 3.63) is 29.1 Å². The second-order valence-electron chi connectivity index (χ2n) is 6.03. The molecule has 3 nitrogen and oxygen atoms in total. The lowest BCUT2D eigenvalue weighted by Gasteiger charge is -2.36.